The van der Waals surface area contributed by atoms with Crippen LogP contribution in [0.5, 0.6) is 0 Å². The van der Waals surface area contributed by atoms with Crippen LogP contribution in [0.15, 0.2) is 24.4 Å². The van der Waals surface area contributed by atoms with E-state index in [1.807, 2.05) is 12.3 Å². The SMILES string of the molecule is C[CH2][Al]([CH2]C)[N]1CCN(c2ccccn2)CC1.Cl. The van der Waals surface area contributed by atoms with Crippen LogP contribution in [-0.2, 0) is 0 Å². The summed E-state index contributed by atoms with van der Waals surface area (Å²) in [6.45, 7) is 9.45. The fraction of sp³-hybridized carbons (Fsp3) is 0.615. The van der Waals surface area contributed by atoms with E-state index in [-0.39, 0.29) is 12.4 Å². The zero-order chi connectivity index (χ0) is 12.1. The Morgan fingerprint density at radius 1 is 1.11 bits per heavy atom. The third-order valence-corrected chi connectivity index (χ3v) is 7.18. The van der Waals surface area contributed by atoms with Gasteiger partial charge in [0.1, 0.15) is 5.82 Å². The Morgan fingerprint density at radius 2 is 1.78 bits per heavy atom. The van der Waals surface area contributed by atoms with Crippen molar-refractivity contribution in [3.05, 3.63) is 24.4 Å². The maximum Gasteiger partial charge on any atom is 0.372 e. The van der Waals surface area contributed by atoms with Crippen LogP contribution in [0.3, 0.4) is 0 Å². The van der Waals surface area contributed by atoms with E-state index in [0.29, 0.717) is 0 Å². The molecule has 5 heteroatoms. The summed E-state index contributed by atoms with van der Waals surface area (Å²) in [5, 5.41) is 2.81. The van der Waals surface area contributed by atoms with Gasteiger partial charge in [-0.15, -0.1) is 12.4 Å². The van der Waals surface area contributed by atoms with Crippen LogP contribution >= 0.6 is 12.4 Å². The minimum Gasteiger partial charge on any atom is -0.382 e. The maximum absolute atomic E-state index is 4.43. The average molecular weight is 284 g/mol. The largest absolute Gasteiger partial charge is 0.382 e. The smallest absolute Gasteiger partial charge is 0.372 e. The number of rotatable bonds is 4. The van der Waals surface area contributed by atoms with E-state index in [1.54, 1.807) is 0 Å². The van der Waals surface area contributed by atoms with Gasteiger partial charge < -0.3 is 8.78 Å². The van der Waals surface area contributed by atoms with Crippen molar-refractivity contribution in [3.63, 3.8) is 0 Å². The Kier molecular flexibility index (Phi) is 7.03. The number of hydrogen-bond acceptors (Lipinski definition) is 3. The molecule has 1 saturated heterocycles. The van der Waals surface area contributed by atoms with E-state index in [2.05, 4.69) is 39.7 Å². The molecule has 0 unspecified atom stereocenters. The second-order valence-corrected chi connectivity index (χ2v) is 8.35. The first kappa shape index (κ1) is 15.8. The van der Waals surface area contributed by atoms with Gasteiger partial charge in [-0.05, 0) is 25.2 Å². The molecule has 1 aliphatic rings. The molecule has 0 N–H and O–H groups in total. The van der Waals surface area contributed by atoms with Crippen molar-refractivity contribution in [3.8, 4) is 0 Å². The summed E-state index contributed by atoms with van der Waals surface area (Å²) < 4.78 is 2.76. The van der Waals surface area contributed by atoms with Gasteiger partial charge in [-0.2, -0.15) is 0 Å². The third kappa shape index (κ3) is 3.86. The Labute approximate surface area is 121 Å². The highest BCUT2D eigenvalue weighted by molar-refractivity contribution is 6.55. The summed E-state index contributed by atoms with van der Waals surface area (Å²) >= 11 is -0.608. The van der Waals surface area contributed by atoms with Crippen LogP contribution in [0.1, 0.15) is 13.8 Å². The average Bonchev–Trinajstić information content (AvgIpc) is 2.42. The van der Waals surface area contributed by atoms with Crippen LogP contribution in [0.4, 0.5) is 5.82 Å². The lowest BCUT2D eigenvalue weighted by atomic mass is 10.3. The van der Waals surface area contributed by atoms with E-state index in [4.69, 9.17) is 0 Å². The first-order chi connectivity index (χ1) is 8.35. The predicted octanol–water partition coefficient (Wildman–Crippen LogP) is 2.66. The van der Waals surface area contributed by atoms with Gasteiger partial charge in [0.05, 0.1) is 0 Å². The molecule has 0 aliphatic carbocycles. The highest BCUT2D eigenvalue weighted by atomic mass is 35.5. The van der Waals surface area contributed by atoms with Gasteiger partial charge in [-0.3, -0.25) is 0 Å². The highest BCUT2D eigenvalue weighted by Gasteiger charge is 2.26. The Morgan fingerprint density at radius 3 is 2.28 bits per heavy atom. The molecule has 0 radical (unpaired) electrons. The normalized spacial score (nSPS) is 16.2. The zero-order valence-corrected chi connectivity index (χ0v) is 13.4. The molecule has 1 aromatic heterocycles. The minimum atomic E-state index is -0.608. The molecule has 1 fully saturated rings. The van der Waals surface area contributed by atoms with Crippen LogP contribution in [0.25, 0.3) is 0 Å². The molecule has 18 heavy (non-hydrogen) atoms. The van der Waals surface area contributed by atoms with Crippen molar-refractivity contribution < 1.29 is 0 Å². The fourth-order valence-electron chi connectivity index (χ4n) is 2.66. The summed E-state index contributed by atoms with van der Waals surface area (Å²) in [5.74, 6) is 1.14. The molecule has 1 aliphatic heterocycles. The molecule has 0 bridgehead atoms. The Balaban J connectivity index is 0.00000162. The van der Waals surface area contributed by atoms with Gasteiger partial charge in [0.2, 0.25) is 0 Å². The quantitative estimate of drug-likeness (QED) is 0.792. The maximum atomic E-state index is 4.43. The molecule has 100 valence electrons. The van der Waals surface area contributed by atoms with Gasteiger partial charge in [0.15, 0.2) is 0 Å². The summed E-state index contributed by atoms with van der Waals surface area (Å²) in [7, 11) is 0. The summed E-state index contributed by atoms with van der Waals surface area (Å²) in [6.07, 6.45) is 1.89. The molecule has 2 rings (SSSR count). The van der Waals surface area contributed by atoms with Crippen molar-refractivity contribution in [2.45, 2.75) is 24.4 Å². The first-order valence-corrected chi connectivity index (χ1v) is 8.90. The summed E-state index contributed by atoms with van der Waals surface area (Å²) in [5.41, 5.74) is 0. The second kappa shape index (κ2) is 8.01. The van der Waals surface area contributed by atoms with Crippen molar-refractivity contribution in [1.29, 1.82) is 0 Å². The number of aromatic nitrogens is 1. The van der Waals surface area contributed by atoms with E-state index >= 15 is 0 Å². The molecule has 0 aromatic carbocycles. The van der Waals surface area contributed by atoms with Crippen LogP contribution < -0.4 is 4.90 Å². The first-order valence-electron chi connectivity index (χ1n) is 6.75. The van der Waals surface area contributed by atoms with Crippen molar-refractivity contribution in [2.24, 2.45) is 0 Å². The van der Waals surface area contributed by atoms with E-state index < -0.39 is 14.4 Å². The topological polar surface area (TPSA) is 19.4 Å². The Bertz CT molecular complexity index is 324. The number of hydrogen-bond donors (Lipinski definition) is 0. The second-order valence-electron chi connectivity index (χ2n) is 4.68. The molecule has 0 atom stereocenters. The highest BCUT2D eigenvalue weighted by Crippen LogP contribution is 2.15. The number of halogens is 1. The van der Waals surface area contributed by atoms with E-state index in [1.165, 1.54) is 23.7 Å². The Hall–Kier alpha value is -0.268. The fourth-order valence-corrected chi connectivity index (χ4v) is 5.23. The van der Waals surface area contributed by atoms with Crippen LogP contribution in [-0.4, -0.2) is 49.4 Å². The lowest BCUT2D eigenvalue weighted by Gasteiger charge is -2.38. The number of pyridine rings is 1. The van der Waals surface area contributed by atoms with Crippen molar-refractivity contribution in [2.75, 3.05) is 31.1 Å². The van der Waals surface area contributed by atoms with Crippen molar-refractivity contribution in [1.82, 2.24) is 8.87 Å². The van der Waals surface area contributed by atoms with Gasteiger partial charge in [0, 0.05) is 19.3 Å². The van der Waals surface area contributed by atoms with Gasteiger partial charge in [0.25, 0.3) is 0 Å². The molecule has 1 aromatic rings. The van der Waals surface area contributed by atoms with Gasteiger partial charge in [-0.1, -0.05) is 30.5 Å². The molecule has 3 nitrogen and oxygen atoms in total. The number of anilines is 1. The molecule has 0 amide bonds. The number of piperazine rings is 1. The molecule has 0 spiro atoms. The molecular formula is C13H23AlClN3. The zero-order valence-electron chi connectivity index (χ0n) is 11.4. The molecular weight excluding hydrogens is 261 g/mol. The van der Waals surface area contributed by atoms with Crippen LogP contribution in [0.2, 0.25) is 10.6 Å². The van der Waals surface area contributed by atoms with E-state index in [9.17, 15) is 0 Å². The van der Waals surface area contributed by atoms with Gasteiger partial charge >= 0.3 is 14.4 Å². The lowest BCUT2D eigenvalue weighted by Crippen LogP contribution is -2.52. The lowest BCUT2D eigenvalue weighted by molar-refractivity contribution is 0.393. The monoisotopic (exact) mass is 283 g/mol. The predicted molar refractivity (Wildman–Crippen MR) is 82.0 cm³/mol. The minimum absolute atomic E-state index is 0. The van der Waals surface area contributed by atoms with E-state index in [0.717, 1.165) is 18.9 Å². The molecule has 2 heterocycles. The standard InChI is InChI=1S/C9H12N3.2C2H5.Al.ClH/c1-2-4-11-9(3-1)12-7-5-10-6-8-12;2*1-2;;/h1-4H,5-8H2;2*1H2,2H3;;1H/q-1;;;+1;. The van der Waals surface area contributed by atoms with Gasteiger partial charge in [-0.25, -0.2) is 4.98 Å². The molecule has 0 saturated carbocycles. The number of nitrogens with zero attached hydrogens (tertiary/aromatic N) is 3. The summed E-state index contributed by atoms with van der Waals surface area (Å²) in [4.78, 5) is 6.84. The summed E-state index contributed by atoms with van der Waals surface area (Å²) in [6, 6.07) is 6.17. The third-order valence-electron chi connectivity index (χ3n) is 3.75. The van der Waals surface area contributed by atoms with Crippen LogP contribution in [0, 0.1) is 0 Å². The van der Waals surface area contributed by atoms with Crippen molar-refractivity contribution >= 4 is 32.6 Å².